The van der Waals surface area contributed by atoms with Crippen molar-refractivity contribution >= 4 is 17.5 Å². The molecule has 0 radical (unpaired) electrons. The molecule has 3 rings (SSSR count). The summed E-state index contributed by atoms with van der Waals surface area (Å²) in [5, 5.41) is 2.73. The zero-order valence-electron chi connectivity index (χ0n) is 18.0. The highest BCUT2D eigenvalue weighted by molar-refractivity contribution is 6.14. The van der Waals surface area contributed by atoms with Crippen LogP contribution in [0.1, 0.15) is 32.3 Å². The van der Waals surface area contributed by atoms with Crippen LogP contribution >= 0.6 is 0 Å². The third-order valence-corrected chi connectivity index (χ3v) is 5.46. The van der Waals surface area contributed by atoms with Gasteiger partial charge in [0.2, 0.25) is 11.8 Å². The van der Waals surface area contributed by atoms with Crippen molar-refractivity contribution in [1.82, 2.24) is 10.2 Å². The largest absolute Gasteiger partial charge is 0.368 e. The summed E-state index contributed by atoms with van der Waals surface area (Å²) in [6.45, 7) is 5.33. The first kappa shape index (κ1) is 22.8. The Balaban J connectivity index is 1.95. The van der Waals surface area contributed by atoms with E-state index in [0.29, 0.717) is 36.2 Å². The monoisotopic (exact) mass is 430 g/mol. The smallest absolute Gasteiger partial charge is 0.249 e. The average Bonchev–Trinajstić information content (AvgIpc) is 2.88. The summed E-state index contributed by atoms with van der Waals surface area (Å²) >= 11 is 0. The highest BCUT2D eigenvalue weighted by Crippen LogP contribution is 2.27. The van der Waals surface area contributed by atoms with Crippen LogP contribution in [0.15, 0.2) is 46.0 Å². The number of allylic oxidation sites excluding steroid dienone is 1. The number of benzene rings is 1. The quantitative estimate of drug-likeness (QED) is 0.726. The van der Waals surface area contributed by atoms with Gasteiger partial charge in [0.1, 0.15) is 6.04 Å². The molecule has 0 fully saturated rings. The van der Waals surface area contributed by atoms with Crippen LogP contribution in [0.3, 0.4) is 0 Å². The maximum Gasteiger partial charge on any atom is 0.249 e. The van der Waals surface area contributed by atoms with Gasteiger partial charge in [-0.1, -0.05) is 13.8 Å². The number of aliphatic imine (C=N–C) groups is 1. The van der Waals surface area contributed by atoms with E-state index in [2.05, 4.69) is 15.2 Å². The molecule has 2 amide bonds. The van der Waals surface area contributed by atoms with E-state index in [4.69, 9.17) is 5.73 Å². The molecule has 8 heteroatoms. The summed E-state index contributed by atoms with van der Waals surface area (Å²) in [5.74, 6) is -2.66. The van der Waals surface area contributed by atoms with Gasteiger partial charge in [-0.2, -0.15) is 0 Å². The molecule has 0 aromatic heterocycles. The summed E-state index contributed by atoms with van der Waals surface area (Å²) in [6, 6.07) is 2.93. The second-order valence-electron chi connectivity index (χ2n) is 8.51. The van der Waals surface area contributed by atoms with E-state index < -0.39 is 29.5 Å². The summed E-state index contributed by atoms with van der Waals surface area (Å²) < 4.78 is 27.3. The molecule has 1 atom stereocenters. The Morgan fingerprint density at radius 2 is 2.00 bits per heavy atom. The van der Waals surface area contributed by atoms with Gasteiger partial charge in [-0.05, 0) is 61.2 Å². The molecule has 0 bridgehead atoms. The van der Waals surface area contributed by atoms with Crippen LogP contribution in [0.4, 0.5) is 8.78 Å². The maximum absolute atomic E-state index is 13.9. The number of nitrogens with zero attached hydrogens (tertiary/aromatic N) is 2. The predicted octanol–water partition coefficient (Wildman–Crippen LogP) is 2.34. The second kappa shape index (κ2) is 9.51. The molecule has 166 valence electrons. The number of amides is 2. The average molecular weight is 430 g/mol. The molecule has 2 aliphatic heterocycles. The van der Waals surface area contributed by atoms with E-state index in [1.54, 1.807) is 0 Å². The van der Waals surface area contributed by atoms with Gasteiger partial charge in [0.25, 0.3) is 0 Å². The molecule has 0 spiro atoms. The fraction of sp³-hybridized carbons (Fsp3) is 0.435. The highest BCUT2D eigenvalue weighted by Gasteiger charge is 2.27. The summed E-state index contributed by atoms with van der Waals surface area (Å²) in [6.07, 6.45) is 2.94. The zero-order valence-corrected chi connectivity index (χ0v) is 18.0. The topological polar surface area (TPSA) is 87.8 Å². The van der Waals surface area contributed by atoms with Gasteiger partial charge < -0.3 is 16.0 Å². The van der Waals surface area contributed by atoms with E-state index in [-0.39, 0.29) is 12.5 Å². The van der Waals surface area contributed by atoms with Crippen LogP contribution in [0.2, 0.25) is 0 Å². The fourth-order valence-electron chi connectivity index (χ4n) is 3.83. The minimum Gasteiger partial charge on any atom is -0.368 e. The van der Waals surface area contributed by atoms with Crippen LogP contribution in [-0.4, -0.2) is 55.1 Å². The van der Waals surface area contributed by atoms with Crippen molar-refractivity contribution in [2.75, 3.05) is 26.7 Å². The lowest BCUT2D eigenvalue weighted by molar-refractivity contribution is -0.125. The Morgan fingerprint density at radius 3 is 2.65 bits per heavy atom. The lowest BCUT2D eigenvalue weighted by Crippen LogP contribution is -2.45. The normalized spacial score (nSPS) is 18.1. The molecule has 0 unspecified atom stereocenters. The SMILES string of the molecule is CC(C)C[C@H](NC(=O)C1=CC2=C(CN(C)CC2)C(c2ccc(F)c(F)c2)=NC1)C(N)=O. The van der Waals surface area contributed by atoms with Gasteiger partial charge in [0.15, 0.2) is 11.6 Å². The van der Waals surface area contributed by atoms with Crippen molar-refractivity contribution in [3.05, 3.63) is 58.2 Å². The van der Waals surface area contributed by atoms with Crippen LogP contribution in [0.25, 0.3) is 0 Å². The van der Waals surface area contributed by atoms with Gasteiger partial charge in [-0.3, -0.25) is 14.6 Å². The Labute approximate surface area is 180 Å². The fourth-order valence-corrected chi connectivity index (χ4v) is 3.83. The maximum atomic E-state index is 13.9. The molecule has 3 N–H and O–H groups in total. The van der Waals surface area contributed by atoms with Crippen LogP contribution in [0.5, 0.6) is 0 Å². The first-order valence-electron chi connectivity index (χ1n) is 10.4. The number of likely N-dealkylation sites (N-methyl/N-ethyl adjacent to an activating group) is 1. The number of hydrogen-bond acceptors (Lipinski definition) is 4. The summed E-state index contributed by atoms with van der Waals surface area (Å²) in [5.41, 5.74) is 8.70. The molecule has 0 aliphatic carbocycles. The van der Waals surface area contributed by atoms with Crippen molar-refractivity contribution in [3.63, 3.8) is 0 Å². The Kier molecular flexibility index (Phi) is 7.00. The Hall–Kier alpha value is -2.87. The van der Waals surface area contributed by atoms with Gasteiger partial charge >= 0.3 is 0 Å². The number of carbonyl (C=O) groups is 2. The number of nitrogens with one attached hydrogen (secondary N) is 1. The number of hydrogen-bond donors (Lipinski definition) is 2. The predicted molar refractivity (Wildman–Crippen MR) is 116 cm³/mol. The van der Waals surface area contributed by atoms with E-state index in [0.717, 1.165) is 29.8 Å². The number of primary amides is 1. The minimum absolute atomic E-state index is 0.0596. The Morgan fingerprint density at radius 1 is 1.26 bits per heavy atom. The molecule has 6 nitrogen and oxygen atoms in total. The van der Waals surface area contributed by atoms with Crippen molar-refractivity contribution < 1.29 is 18.4 Å². The third kappa shape index (κ3) is 5.44. The van der Waals surface area contributed by atoms with Crippen molar-refractivity contribution in [3.8, 4) is 0 Å². The molecule has 0 saturated heterocycles. The number of nitrogens with two attached hydrogens (primary N) is 1. The van der Waals surface area contributed by atoms with Gasteiger partial charge in [0.05, 0.1) is 12.3 Å². The van der Waals surface area contributed by atoms with E-state index in [9.17, 15) is 18.4 Å². The third-order valence-electron chi connectivity index (χ3n) is 5.46. The van der Waals surface area contributed by atoms with Gasteiger partial charge in [0, 0.05) is 24.2 Å². The molecular formula is C23H28F2N4O2. The molecule has 2 heterocycles. The number of carbonyl (C=O) groups excluding carboxylic acids is 2. The minimum atomic E-state index is -0.945. The molecule has 1 aromatic carbocycles. The van der Waals surface area contributed by atoms with Crippen LogP contribution in [0, 0.1) is 17.6 Å². The number of halogens is 2. The first-order valence-corrected chi connectivity index (χ1v) is 10.4. The molecule has 1 aromatic rings. The zero-order chi connectivity index (χ0) is 22.7. The van der Waals surface area contributed by atoms with Crippen molar-refractivity contribution in [2.24, 2.45) is 16.6 Å². The Bertz CT molecular complexity index is 982. The van der Waals surface area contributed by atoms with Crippen LogP contribution < -0.4 is 11.1 Å². The molecule has 2 aliphatic rings. The molecular weight excluding hydrogens is 402 g/mol. The van der Waals surface area contributed by atoms with Gasteiger partial charge in [-0.15, -0.1) is 0 Å². The summed E-state index contributed by atoms with van der Waals surface area (Å²) in [4.78, 5) is 31.4. The lowest BCUT2D eigenvalue weighted by atomic mass is 9.92. The van der Waals surface area contributed by atoms with Gasteiger partial charge in [-0.25, -0.2) is 8.78 Å². The van der Waals surface area contributed by atoms with E-state index >= 15 is 0 Å². The first-order chi connectivity index (χ1) is 14.7. The van der Waals surface area contributed by atoms with Crippen molar-refractivity contribution in [2.45, 2.75) is 32.7 Å². The second-order valence-corrected chi connectivity index (χ2v) is 8.51. The molecule has 31 heavy (non-hydrogen) atoms. The number of rotatable bonds is 6. The standard InChI is InChI=1S/C23H28F2N4O2/c1-13(2)8-20(22(26)30)28-23(31)16-9-14-6-7-29(3)12-17(14)21(27-11-16)15-4-5-18(24)19(25)10-15/h4-5,9-10,13,20H,6-8,11-12H2,1-3H3,(H2,26,30)(H,28,31)/t20-/m0/s1. The van der Waals surface area contributed by atoms with E-state index in [1.807, 2.05) is 27.0 Å². The van der Waals surface area contributed by atoms with Crippen molar-refractivity contribution in [1.29, 1.82) is 0 Å². The van der Waals surface area contributed by atoms with E-state index in [1.165, 1.54) is 6.07 Å². The molecule has 0 saturated carbocycles. The lowest BCUT2D eigenvalue weighted by Gasteiger charge is -2.27. The van der Waals surface area contributed by atoms with Crippen LogP contribution in [-0.2, 0) is 9.59 Å². The summed E-state index contributed by atoms with van der Waals surface area (Å²) in [7, 11) is 1.97. The highest BCUT2D eigenvalue weighted by atomic mass is 19.2.